The molecular weight excluding hydrogens is 513 g/mol. The average Bonchev–Trinajstić information content (AvgIpc) is 3.07. The summed E-state index contributed by atoms with van der Waals surface area (Å²) >= 11 is 0. The number of nitriles is 1. The molecule has 0 unspecified atom stereocenters. The average molecular weight is 541 g/mol. The van der Waals surface area contributed by atoms with Gasteiger partial charge in [-0.15, -0.1) is 0 Å². The van der Waals surface area contributed by atoms with Crippen LogP contribution in [0.25, 0.3) is 5.57 Å². The van der Waals surface area contributed by atoms with Gasteiger partial charge in [0.1, 0.15) is 11.3 Å². The lowest BCUT2D eigenvalue weighted by Crippen LogP contribution is -2.44. The molecule has 0 spiro atoms. The number of hydrogen-bond acceptors (Lipinski definition) is 6. The van der Waals surface area contributed by atoms with Gasteiger partial charge < -0.3 is 14.8 Å². The third-order valence-electron chi connectivity index (χ3n) is 6.16. The van der Waals surface area contributed by atoms with E-state index in [0.717, 1.165) is 23.3 Å². The highest BCUT2D eigenvalue weighted by molar-refractivity contribution is 6.23. The zero-order valence-electron chi connectivity index (χ0n) is 21.6. The van der Waals surface area contributed by atoms with Gasteiger partial charge in [-0.3, -0.25) is 4.79 Å². The summed E-state index contributed by atoms with van der Waals surface area (Å²) < 4.78 is 46.1. The summed E-state index contributed by atoms with van der Waals surface area (Å²) in [7, 11) is 0. The molecule has 3 amide bonds. The predicted molar refractivity (Wildman–Crippen MR) is 139 cm³/mol. The summed E-state index contributed by atoms with van der Waals surface area (Å²) in [5, 5.41) is 20.7. The number of benzene rings is 2. The van der Waals surface area contributed by atoms with E-state index in [-0.39, 0.29) is 18.8 Å². The number of rotatable bonds is 9. The van der Waals surface area contributed by atoms with Crippen molar-refractivity contribution >= 4 is 29.4 Å². The summed E-state index contributed by atoms with van der Waals surface area (Å²) in [6.45, 7) is 5.27. The van der Waals surface area contributed by atoms with Crippen molar-refractivity contribution < 1.29 is 32.7 Å². The van der Waals surface area contributed by atoms with Crippen molar-refractivity contribution in [3.8, 4) is 11.8 Å². The minimum absolute atomic E-state index is 0.128. The van der Waals surface area contributed by atoms with E-state index in [1.54, 1.807) is 18.2 Å². The lowest BCUT2D eigenvalue weighted by molar-refractivity contribution is -0.137. The van der Waals surface area contributed by atoms with E-state index in [2.05, 4.69) is 5.16 Å². The number of imide groups is 1. The number of allylic oxidation sites excluding steroid dienone is 4. The summed E-state index contributed by atoms with van der Waals surface area (Å²) in [5.74, 6) is -0.0885. The van der Waals surface area contributed by atoms with Crippen molar-refractivity contribution in [3.05, 3.63) is 77.4 Å². The van der Waals surface area contributed by atoms with Gasteiger partial charge in [0.2, 0.25) is 0 Å². The summed E-state index contributed by atoms with van der Waals surface area (Å²) in [6.07, 6.45) is 2.16. The quantitative estimate of drug-likeness (QED) is 0.105. The SMILES string of the molecule is C\C=C/C(=C\C=N\O)c1ccc(OCCCN2C(=O)N(c3ccc(C#N)c(C(F)(F)F)c3)C(=O)C2(C)C)cc1. The van der Waals surface area contributed by atoms with Crippen LogP contribution >= 0.6 is 0 Å². The Bertz CT molecular complexity index is 1360. The fraction of sp³-hybridized carbons (Fsp3) is 0.286. The fourth-order valence-electron chi connectivity index (χ4n) is 4.14. The summed E-state index contributed by atoms with van der Waals surface area (Å²) in [6, 6.07) is 10.7. The van der Waals surface area contributed by atoms with E-state index in [0.29, 0.717) is 23.1 Å². The number of urea groups is 1. The van der Waals surface area contributed by atoms with Crippen molar-refractivity contribution in [2.75, 3.05) is 18.1 Å². The molecule has 1 fully saturated rings. The van der Waals surface area contributed by atoms with E-state index < -0.39 is 34.8 Å². The maximum absolute atomic E-state index is 13.4. The third-order valence-corrected chi connectivity index (χ3v) is 6.16. The van der Waals surface area contributed by atoms with Gasteiger partial charge in [-0.25, -0.2) is 9.69 Å². The van der Waals surface area contributed by atoms with Crippen LogP contribution in [-0.2, 0) is 11.0 Å². The van der Waals surface area contributed by atoms with Crippen molar-refractivity contribution in [3.63, 3.8) is 0 Å². The van der Waals surface area contributed by atoms with E-state index in [1.807, 2.05) is 31.2 Å². The maximum atomic E-state index is 13.4. The number of ether oxygens (including phenoxy) is 1. The number of halogens is 3. The minimum Gasteiger partial charge on any atom is -0.494 e. The molecule has 1 aliphatic rings. The molecule has 1 aliphatic heterocycles. The van der Waals surface area contributed by atoms with Gasteiger partial charge in [-0.2, -0.15) is 18.4 Å². The second kappa shape index (κ2) is 11.9. The molecule has 2 aromatic rings. The smallest absolute Gasteiger partial charge is 0.417 e. The molecule has 1 heterocycles. The Balaban J connectivity index is 1.68. The Labute approximate surface area is 223 Å². The standard InChI is InChI=1S/C28H27F3N4O4/c1-4-6-19(13-14-33-38)20-8-11-23(12-9-20)39-16-5-15-34-26(37)35(25(36)27(34,2)3)22-10-7-21(18-32)24(17-22)28(29,30)31/h4,6-14,17,38H,5,15-16H2,1-3H3/b6-4-,19-13+,33-14+. The zero-order valence-corrected chi connectivity index (χ0v) is 21.6. The molecule has 0 radical (unpaired) electrons. The van der Waals surface area contributed by atoms with Crippen LogP contribution in [-0.4, -0.2) is 47.0 Å². The predicted octanol–water partition coefficient (Wildman–Crippen LogP) is 6.01. The molecule has 1 N–H and O–H groups in total. The Morgan fingerprint density at radius 3 is 2.46 bits per heavy atom. The molecule has 8 nitrogen and oxygen atoms in total. The van der Waals surface area contributed by atoms with Crippen LogP contribution in [0.2, 0.25) is 0 Å². The van der Waals surface area contributed by atoms with Crippen molar-refractivity contribution in [1.29, 1.82) is 5.26 Å². The van der Waals surface area contributed by atoms with Crippen LogP contribution in [0, 0.1) is 11.3 Å². The van der Waals surface area contributed by atoms with Gasteiger partial charge in [-0.1, -0.05) is 29.4 Å². The van der Waals surface area contributed by atoms with Crippen molar-refractivity contribution in [2.45, 2.75) is 38.9 Å². The Kier molecular flexibility index (Phi) is 8.81. The summed E-state index contributed by atoms with van der Waals surface area (Å²) in [4.78, 5) is 28.2. The first kappa shape index (κ1) is 29.0. The fourth-order valence-corrected chi connectivity index (χ4v) is 4.14. The monoisotopic (exact) mass is 540 g/mol. The van der Waals surface area contributed by atoms with Gasteiger partial charge in [0, 0.05) is 6.54 Å². The minimum atomic E-state index is -4.82. The number of nitrogens with zero attached hydrogens (tertiary/aromatic N) is 4. The number of amides is 3. The van der Waals surface area contributed by atoms with Gasteiger partial charge in [0.15, 0.2) is 0 Å². The molecule has 1 saturated heterocycles. The number of alkyl halides is 3. The topological polar surface area (TPSA) is 106 Å². The van der Waals surface area contributed by atoms with Gasteiger partial charge >= 0.3 is 12.2 Å². The number of carbonyl (C=O) groups is 2. The normalized spacial score (nSPS) is 16.0. The molecule has 204 valence electrons. The number of carbonyl (C=O) groups excluding carboxylic acids is 2. The first-order valence-corrected chi connectivity index (χ1v) is 12.0. The first-order chi connectivity index (χ1) is 18.4. The third kappa shape index (κ3) is 6.29. The Morgan fingerprint density at radius 2 is 1.87 bits per heavy atom. The molecule has 0 aliphatic carbocycles. The second-order valence-corrected chi connectivity index (χ2v) is 9.09. The van der Waals surface area contributed by atoms with E-state index >= 15 is 0 Å². The largest absolute Gasteiger partial charge is 0.494 e. The molecule has 3 rings (SSSR count). The van der Waals surface area contributed by atoms with E-state index in [1.165, 1.54) is 31.0 Å². The number of oxime groups is 1. The van der Waals surface area contributed by atoms with Crippen LogP contribution < -0.4 is 9.64 Å². The molecule has 0 aromatic heterocycles. The first-order valence-electron chi connectivity index (χ1n) is 12.0. The van der Waals surface area contributed by atoms with Gasteiger partial charge in [-0.05, 0) is 74.7 Å². The highest BCUT2D eigenvalue weighted by Gasteiger charge is 2.52. The van der Waals surface area contributed by atoms with Crippen molar-refractivity contribution in [1.82, 2.24) is 4.90 Å². The highest BCUT2D eigenvalue weighted by Crippen LogP contribution is 2.37. The molecule has 0 atom stereocenters. The Hall–Kier alpha value is -4.59. The second-order valence-electron chi connectivity index (χ2n) is 9.09. The zero-order chi connectivity index (χ0) is 28.8. The van der Waals surface area contributed by atoms with Crippen LogP contribution in [0.5, 0.6) is 5.75 Å². The summed E-state index contributed by atoms with van der Waals surface area (Å²) in [5.41, 5.74) is -1.65. The number of hydrogen-bond donors (Lipinski definition) is 1. The Morgan fingerprint density at radius 1 is 1.18 bits per heavy atom. The van der Waals surface area contributed by atoms with Gasteiger partial charge in [0.25, 0.3) is 5.91 Å². The van der Waals surface area contributed by atoms with Crippen molar-refractivity contribution in [2.24, 2.45) is 5.16 Å². The lowest BCUT2D eigenvalue weighted by Gasteiger charge is -2.27. The number of anilines is 1. The lowest BCUT2D eigenvalue weighted by atomic mass is 10.0. The van der Waals surface area contributed by atoms with Gasteiger partial charge in [0.05, 0.1) is 35.7 Å². The maximum Gasteiger partial charge on any atom is 0.417 e. The molecule has 0 bridgehead atoms. The highest BCUT2D eigenvalue weighted by atomic mass is 19.4. The molecular formula is C28H27F3N4O4. The molecule has 11 heteroatoms. The van der Waals surface area contributed by atoms with Crippen LogP contribution in [0.15, 0.2) is 65.8 Å². The molecule has 2 aromatic carbocycles. The van der Waals surface area contributed by atoms with Crippen LogP contribution in [0.3, 0.4) is 0 Å². The van der Waals surface area contributed by atoms with Crippen LogP contribution in [0.1, 0.15) is 43.9 Å². The molecule has 0 saturated carbocycles. The van der Waals surface area contributed by atoms with E-state index in [4.69, 9.17) is 15.2 Å². The molecule has 39 heavy (non-hydrogen) atoms. The van der Waals surface area contributed by atoms with Crippen LogP contribution in [0.4, 0.5) is 23.7 Å². The van der Waals surface area contributed by atoms with E-state index in [9.17, 15) is 22.8 Å².